The van der Waals surface area contributed by atoms with Crippen LogP contribution >= 0.6 is 0 Å². The van der Waals surface area contributed by atoms with Crippen molar-refractivity contribution in [3.63, 3.8) is 0 Å². The van der Waals surface area contributed by atoms with Crippen molar-refractivity contribution in [2.45, 2.75) is 83.8 Å². The van der Waals surface area contributed by atoms with Crippen LogP contribution in [0.1, 0.15) is 82.5 Å². The highest BCUT2D eigenvalue weighted by Gasteiger charge is 2.58. The van der Waals surface area contributed by atoms with E-state index in [4.69, 9.17) is 4.42 Å². The highest BCUT2D eigenvalue weighted by Crippen LogP contribution is 2.68. The van der Waals surface area contributed by atoms with Gasteiger partial charge < -0.3 is 14.6 Å². The second-order valence-electron chi connectivity index (χ2n) is 10.3. The highest BCUT2D eigenvalue weighted by atomic mass is 16.4. The van der Waals surface area contributed by atoms with Crippen LogP contribution in [0.15, 0.2) is 28.4 Å². The normalized spacial score (nSPS) is 46.4. The predicted octanol–water partition coefficient (Wildman–Crippen LogP) is 5.18. The molecular formula is C24H34O3. The quantitative estimate of drug-likeness (QED) is 0.705. The summed E-state index contributed by atoms with van der Waals surface area (Å²) < 4.78 is 5.57. The Labute approximate surface area is 162 Å². The molecule has 0 aromatic carbocycles. The lowest BCUT2D eigenvalue weighted by Gasteiger charge is -2.58. The van der Waals surface area contributed by atoms with Gasteiger partial charge in [0.05, 0.1) is 12.4 Å². The van der Waals surface area contributed by atoms with E-state index in [1.165, 1.54) is 37.7 Å². The summed E-state index contributed by atoms with van der Waals surface area (Å²) in [7, 11) is 0. The van der Waals surface area contributed by atoms with Gasteiger partial charge in [-0.05, 0) is 97.5 Å². The fourth-order valence-corrected chi connectivity index (χ4v) is 7.85. The van der Waals surface area contributed by atoms with Gasteiger partial charge in [0, 0.05) is 0 Å². The Bertz CT molecular complexity index is 749. The van der Waals surface area contributed by atoms with Gasteiger partial charge in [-0.15, -0.1) is 0 Å². The third kappa shape index (κ3) is 2.54. The van der Waals surface area contributed by atoms with Crippen LogP contribution in [-0.2, 0) is 6.61 Å². The standard InChI is InChI=1S/C24H34O3/c1-23-9-7-17(26)12-16(23)3-4-19-21-6-5-20(15-11-18(13-25)27-14-15)24(21,2)10-8-22(19)23/h3,11,14,17,19-22,25-26H,4-10,12-13H2,1-2H3/t17-,19-,20+,21-,22-,23-,24+/m0/s1. The van der Waals surface area contributed by atoms with Gasteiger partial charge in [0.25, 0.3) is 0 Å². The Morgan fingerprint density at radius 2 is 1.96 bits per heavy atom. The van der Waals surface area contributed by atoms with Crippen molar-refractivity contribution >= 4 is 0 Å². The first-order valence-corrected chi connectivity index (χ1v) is 11.0. The largest absolute Gasteiger partial charge is 0.467 e. The van der Waals surface area contributed by atoms with Crippen molar-refractivity contribution in [3.8, 4) is 0 Å². The third-order valence-corrected chi connectivity index (χ3v) is 9.31. The summed E-state index contributed by atoms with van der Waals surface area (Å²) in [5.41, 5.74) is 3.54. The fraction of sp³-hybridized carbons (Fsp3) is 0.750. The van der Waals surface area contributed by atoms with Gasteiger partial charge in [-0.2, -0.15) is 0 Å². The molecule has 0 bridgehead atoms. The van der Waals surface area contributed by atoms with E-state index >= 15 is 0 Å². The summed E-state index contributed by atoms with van der Waals surface area (Å²) in [6.45, 7) is 5.03. The van der Waals surface area contributed by atoms with E-state index in [9.17, 15) is 10.2 Å². The summed E-state index contributed by atoms with van der Waals surface area (Å²) in [6, 6.07) is 2.09. The molecule has 1 heterocycles. The second-order valence-corrected chi connectivity index (χ2v) is 10.3. The molecule has 1 aromatic rings. The minimum Gasteiger partial charge on any atom is -0.467 e. The number of furan rings is 1. The van der Waals surface area contributed by atoms with Crippen molar-refractivity contribution in [1.29, 1.82) is 0 Å². The number of hydrogen-bond donors (Lipinski definition) is 2. The first-order chi connectivity index (χ1) is 13.0. The Morgan fingerprint density at radius 3 is 2.74 bits per heavy atom. The van der Waals surface area contributed by atoms with Crippen LogP contribution in [0.4, 0.5) is 0 Å². The number of aliphatic hydroxyl groups is 2. The van der Waals surface area contributed by atoms with Crippen molar-refractivity contribution in [3.05, 3.63) is 35.3 Å². The zero-order valence-electron chi connectivity index (χ0n) is 16.8. The van der Waals surface area contributed by atoms with E-state index < -0.39 is 0 Å². The average Bonchev–Trinajstić information content (AvgIpc) is 3.25. The molecule has 4 aliphatic rings. The van der Waals surface area contributed by atoms with Crippen molar-refractivity contribution in [1.82, 2.24) is 0 Å². The summed E-state index contributed by atoms with van der Waals surface area (Å²) in [5.74, 6) is 3.64. The number of allylic oxidation sites excluding steroid dienone is 1. The molecular weight excluding hydrogens is 336 g/mol. The minimum absolute atomic E-state index is 0.00462. The molecule has 0 radical (unpaired) electrons. The molecule has 0 spiro atoms. The SMILES string of the molecule is C[C@]12CC[C@H]3[C@@H](CC=C4C[C@@H](O)CC[C@@]43C)[C@@H]1CC[C@@H]2c1coc(CO)c1. The van der Waals surface area contributed by atoms with Crippen molar-refractivity contribution in [2.24, 2.45) is 28.6 Å². The number of fused-ring (bicyclic) bond motifs is 5. The Balaban J connectivity index is 1.45. The lowest BCUT2D eigenvalue weighted by Crippen LogP contribution is -2.50. The number of hydrogen-bond acceptors (Lipinski definition) is 3. The van der Waals surface area contributed by atoms with Crippen molar-refractivity contribution in [2.75, 3.05) is 0 Å². The Hall–Kier alpha value is -1.06. The maximum absolute atomic E-state index is 10.2. The topological polar surface area (TPSA) is 53.6 Å². The molecule has 1 aromatic heterocycles. The van der Waals surface area contributed by atoms with E-state index in [0.717, 1.165) is 37.0 Å². The van der Waals surface area contributed by atoms with Crippen molar-refractivity contribution < 1.29 is 14.6 Å². The van der Waals surface area contributed by atoms with Crippen LogP contribution < -0.4 is 0 Å². The van der Waals surface area contributed by atoms with Gasteiger partial charge in [-0.25, -0.2) is 0 Å². The van der Waals surface area contributed by atoms with Gasteiger partial charge in [0.15, 0.2) is 0 Å². The molecule has 148 valence electrons. The Kier molecular flexibility index (Phi) is 4.15. The molecule has 2 N–H and O–H groups in total. The molecule has 3 nitrogen and oxygen atoms in total. The molecule has 27 heavy (non-hydrogen) atoms. The summed E-state index contributed by atoms with van der Waals surface area (Å²) >= 11 is 0. The summed E-state index contributed by atoms with van der Waals surface area (Å²) in [5, 5.41) is 19.5. The second kappa shape index (κ2) is 6.22. The van der Waals surface area contributed by atoms with E-state index in [2.05, 4.69) is 26.0 Å². The molecule has 4 aliphatic carbocycles. The smallest absolute Gasteiger partial charge is 0.129 e. The maximum atomic E-state index is 10.2. The third-order valence-electron chi connectivity index (χ3n) is 9.31. The monoisotopic (exact) mass is 370 g/mol. The van der Waals surface area contributed by atoms with E-state index in [1.807, 2.05) is 6.26 Å². The molecule has 7 atom stereocenters. The van der Waals surface area contributed by atoms with Gasteiger partial charge in [0.2, 0.25) is 0 Å². The number of rotatable bonds is 2. The van der Waals surface area contributed by atoms with Crippen LogP contribution in [0.3, 0.4) is 0 Å². The molecule has 0 unspecified atom stereocenters. The molecule has 0 aliphatic heterocycles. The number of aliphatic hydroxyl groups excluding tert-OH is 2. The van der Waals surface area contributed by atoms with Crippen LogP contribution in [0, 0.1) is 28.6 Å². The Morgan fingerprint density at radius 1 is 1.11 bits per heavy atom. The van der Waals surface area contributed by atoms with E-state index in [-0.39, 0.29) is 12.7 Å². The highest BCUT2D eigenvalue weighted by molar-refractivity contribution is 5.28. The van der Waals surface area contributed by atoms with E-state index in [0.29, 0.717) is 22.5 Å². The van der Waals surface area contributed by atoms with Crippen LogP contribution in [-0.4, -0.2) is 16.3 Å². The molecule has 0 amide bonds. The van der Waals surface area contributed by atoms with Gasteiger partial charge in [-0.1, -0.05) is 25.5 Å². The first-order valence-electron chi connectivity index (χ1n) is 11.0. The molecule has 5 rings (SSSR count). The average molecular weight is 371 g/mol. The lowest BCUT2D eigenvalue weighted by molar-refractivity contribution is -0.0409. The zero-order valence-corrected chi connectivity index (χ0v) is 16.8. The van der Waals surface area contributed by atoms with Crippen LogP contribution in [0.2, 0.25) is 0 Å². The van der Waals surface area contributed by atoms with Gasteiger partial charge in [0.1, 0.15) is 12.4 Å². The maximum Gasteiger partial charge on any atom is 0.129 e. The van der Waals surface area contributed by atoms with Crippen LogP contribution in [0.25, 0.3) is 0 Å². The molecule has 3 saturated carbocycles. The molecule has 3 fully saturated rings. The first kappa shape index (κ1) is 18.0. The lowest BCUT2D eigenvalue weighted by atomic mass is 9.47. The minimum atomic E-state index is -0.118. The predicted molar refractivity (Wildman–Crippen MR) is 105 cm³/mol. The van der Waals surface area contributed by atoms with Crippen LogP contribution in [0.5, 0.6) is 0 Å². The van der Waals surface area contributed by atoms with Gasteiger partial charge in [-0.3, -0.25) is 0 Å². The van der Waals surface area contributed by atoms with Gasteiger partial charge >= 0.3 is 0 Å². The fourth-order valence-electron chi connectivity index (χ4n) is 7.85. The zero-order chi connectivity index (χ0) is 18.8. The molecule has 3 heteroatoms. The summed E-state index contributed by atoms with van der Waals surface area (Å²) in [6.07, 6.45) is 13.7. The van der Waals surface area contributed by atoms with E-state index in [1.54, 1.807) is 5.57 Å². The summed E-state index contributed by atoms with van der Waals surface area (Å²) in [4.78, 5) is 0. The molecule has 0 saturated heterocycles.